The number of hydrogen-bond acceptors (Lipinski definition) is 2. The minimum atomic E-state index is -0.899. The van der Waals surface area contributed by atoms with Crippen LogP contribution < -0.4 is 0 Å². The summed E-state index contributed by atoms with van der Waals surface area (Å²) in [5.41, 5.74) is 2.68. The first-order chi connectivity index (χ1) is 12.1. The zero-order valence-electron chi connectivity index (χ0n) is 14.7. The Hall–Kier alpha value is -2.10. The second kappa shape index (κ2) is 8.32. The molecular weight excluding hydrogens is 314 g/mol. The van der Waals surface area contributed by atoms with Crippen molar-refractivity contribution >= 4 is 18.0 Å². The highest BCUT2D eigenvalue weighted by Crippen LogP contribution is 2.28. The van der Waals surface area contributed by atoms with Crippen molar-refractivity contribution in [2.45, 2.75) is 51.4 Å². The third kappa shape index (κ3) is 4.94. The molecule has 1 saturated heterocycles. The first-order valence-corrected chi connectivity index (χ1v) is 9.42. The smallest absolute Gasteiger partial charge is 0.335 e. The lowest BCUT2D eigenvalue weighted by molar-refractivity contribution is -0.132. The van der Waals surface area contributed by atoms with E-state index in [1.807, 2.05) is 17.0 Å². The highest BCUT2D eigenvalue weighted by atomic mass is 16.4. The van der Waals surface area contributed by atoms with Crippen LogP contribution in [0.5, 0.6) is 0 Å². The van der Waals surface area contributed by atoms with Crippen LogP contribution in [0.2, 0.25) is 0 Å². The van der Waals surface area contributed by atoms with E-state index >= 15 is 0 Å². The van der Waals surface area contributed by atoms with Crippen molar-refractivity contribution in [2.75, 3.05) is 13.1 Å². The van der Waals surface area contributed by atoms with Crippen molar-refractivity contribution in [3.8, 4) is 0 Å². The summed E-state index contributed by atoms with van der Waals surface area (Å²) >= 11 is 0. The average Bonchev–Trinajstić information content (AvgIpc) is 2.63. The van der Waals surface area contributed by atoms with Gasteiger partial charge in [0.1, 0.15) is 0 Å². The molecule has 1 N–H and O–H groups in total. The number of nitrogens with zero attached hydrogens (tertiary/aromatic N) is 1. The number of piperidine rings is 1. The molecule has 0 bridgehead atoms. The van der Waals surface area contributed by atoms with E-state index in [1.54, 1.807) is 12.1 Å². The first kappa shape index (κ1) is 17.7. The van der Waals surface area contributed by atoms with Crippen LogP contribution in [0.1, 0.15) is 67.3 Å². The fourth-order valence-electron chi connectivity index (χ4n) is 3.91. The predicted molar refractivity (Wildman–Crippen MR) is 98.4 cm³/mol. The van der Waals surface area contributed by atoms with Crippen molar-refractivity contribution in [1.29, 1.82) is 0 Å². The SMILES string of the molecule is O=C(O)c1ccc(C=C2CCN(C(=O)CC3CCCCC3)CC2)cc1. The van der Waals surface area contributed by atoms with Crippen LogP contribution in [0.25, 0.3) is 6.08 Å². The molecule has 2 aliphatic rings. The second-order valence-electron chi connectivity index (χ2n) is 7.32. The van der Waals surface area contributed by atoms with E-state index in [0.29, 0.717) is 17.4 Å². The van der Waals surface area contributed by atoms with Crippen molar-refractivity contribution in [1.82, 2.24) is 4.90 Å². The highest BCUT2D eigenvalue weighted by molar-refractivity contribution is 5.87. The Bertz CT molecular complexity index is 632. The van der Waals surface area contributed by atoms with Crippen molar-refractivity contribution in [2.24, 2.45) is 5.92 Å². The number of hydrogen-bond donors (Lipinski definition) is 1. The van der Waals surface area contributed by atoms with E-state index < -0.39 is 5.97 Å². The van der Waals surface area contributed by atoms with Crippen LogP contribution in [0, 0.1) is 5.92 Å². The lowest BCUT2D eigenvalue weighted by atomic mass is 9.86. The van der Waals surface area contributed by atoms with Gasteiger partial charge in [-0.1, -0.05) is 43.0 Å². The lowest BCUT2D eigenvalue weighted by Crippen LogP contribution is -2.37. The molecule has 25 heavy (non-hydrogen) atoms. The maximum Gasteiger partial charge on any atom is 0.335 e. The van der Waals surface area contributed by atoms with Gasteiger partial charge in [0.05, 0.1) is 5.56 Å². The zero-order valence-corrected chi connectivity index (χ0v) is 14.7. The number of benzene rings is 1. The van der Waals surface area contributed by atoms with Gasteiger partial charge in [0, 0.05) is 19.5 Å². The van der Waals surface area contributed by atoms with Gasteiger partial charge in [-0.15, -0.1) is 0 Å². The molecule has 3 rings (SSSR count). The molecule has 1 aromatic carbocycles. The van der Waals surface area contributed by atoms with Gasteiger partial charge in [0.15, 0.2) is 0 Å². The Labute approximate surface area is 149 Å². The van der Waals surface area contributed by atoms with Gasteiger partial charge < -0.3 is 10.0 Å². The number of carboxylic acids is 1. The summed E-state index contributed by atoms with van der Waals surface area (Å²) in [6.45, 7) is 1.62. The molecule has 1 amide bonds. The van der Waals surface area contributed by atoms with Crippen LogP contribution >= 0.6 is 0 Å². The minimum absolute atomic E-state index is 0.310. The summed E-state index contributed by atoms with van der Waals surface area (Å²) in [5, 5.41) is 8.94. The third-order valence-corrected chi connectivity index (χ3v) is 5.47. The van der Waals surface area contributed by atoms with Gasteiger partial charge in [0.2, 0.25) is 5.91 Å². The zero-order chi connectivity index (χ0) is 17.6. The Morgan fingerprint density at radius 3 is 2.28 bits per heavy atom. The standard InChI is InChI=1S/C21H27NO3/c23-20(15-16-4-2-1-3-5-16)22-12-10-18(11-13-22)14-17-6-8-19(9-7-17)21(24)25/h6-9,14,16H,1-5,10-13,15H2,(H,24,25). The average molecular weight is 341 g/mol. The molecule has 1 saturated carbocycles. The number of rotatable bonds is 4. The van der Waals surface area contributed by atoms with Crippen molar-refractivity contribution in [3.63, 3.8) is 0 Å². The maximum absolute atomic E-state index is 12.5. The number of aromatic carboxylic acids is 1. The molecule has 1 aliphatic heterocycles. The molecule has 4 heteroatoms. The summed E-state index contributed by atoms with van der Waals surface area (Å²) in [6, 6.07) is 6.96. The van der Waals surface area contributed by atoms with Crippen LogP contribution in [0.15, 0.2) is 29.8 Å². The summed E-state index contributed by atoms with van der Waals surface area (Å²) < 4.78 is 0. The quantitative estimate of drug-likeness (QED) is 0.885. The molecule has 0 spiro atoms. The number of carbonyl (C=O) groups is 2. The number of amides is 1. The number of likely N-dealkylation sites (tertiary alicyclic amines) is 1. The van der Waals surface area contributed by atoms with E-state index in [9.17, 15) is 9.59 Å². The Morgan fingerprint density at radius 1 is 1.04 bits per heavy atom. The van der Waals surface area contributed by atoms with Crippen molar-refractivity contribution < 1.29 is 14.7 Å². The molecular formula is C21H27NO3. The van der Waals surface area contributed by atoms with Crippen LogP contribution in [0.4, 0.5) is 0 Å². The molecule has 0 atom stereocenters. The van der Waals surface area contributed by atoms with E-state index in [-0.39, 0.29) is 0 Å². The summed E-state index contributed by atoms with van der Waals surface area (Å²) in [7, 11) is 0. The Morgan fingerprint density at radius 2 is 1.68 bits per heavy atom. The van der Waals surface area contributed by atoms with Gasteiger partial charge in [0.25, 0.3) is 0 Å². The van der Waals surface area contributed by atoms with Gasteiger partial charge in [-0.05, 0) is 49.3 Å². The van der Waals surface area contributed by atoms with E-state index in [1.165, 1.54) is 37.7 Å². The Kier molecular flexibility index (Phi) is 5.90. The van der Waals surface area contributed by atoms with Gasteiger partial charge in [-0.3, -0.25) is 4.79 Å². The molecule has 0 aromatic heterocycles. The third-order valence-electron chi connectivity index (χ3n) is 5.47. The van der Waals surface area contributed by atoms with Crippen LogP contribution in [-0.4, -0.2) is 35.0 Å². The molecule has 0 unspecified atom stereocenters. The van der Waals surface area contributed by atoms with E-state index in [2.05, 4.69) is 6.08 Å². The monoisotopic (exact) mass is 341 g/mol. The molecule has 1 aliphatic carbocycles. The second-order valence-corrected chi connectivity index (χ2v) is 7.32. The topological polar surface area (TPSA) is 57.6 Å². The maximum atomic E-state index is 12.5. The molecule has 134 valence electrons. The predicted octanol–water partition coefficient (Wildman–Crippen LogP) is 4.36. The minimum Gasteiger partial charge on any atom is -0.478 e. The normalized spacial score (nSPS) is 18.9. The fraction of sp³-hybridized carbons (Fsp3) is 0.524. The summed E-state index contributed by atoms with van der Waals surface area (Å²) in [4.78, 5) is 25.4. The highest BCUT2D eigenvalue weighted by Gasteiger charge is 2.23. The van der Waals surface area contributed by atoms with Gasteiger partial charge >= 0.3 is 5.97 Å². The molecule has 1 heterocycles. The summed E-state index contributed by atoms with van der Waals surface area (Å²) in [6.07, 6.45) is 11.0. The largest absolute Gasteiger partial charge is 0.478 e. The first-order valence-electron chi connectivity index (χ1n) is 9.42. The molecule has 2 fully saturated rings. The van der Waals surface area contributed by atoms with Gasteiger partial charge in [-0.25, -0.2) is 4.79 Å². The lowest BCUT2D eigenvalue weighted by Gasteiger charge is -2.31. The molecule has 1 aromatic rings. The van der Waals surface area contributed by atoms with E-state index in [4.69, 9.17) is 5.11 Å². The van der Waals surface area contributed by atoms with E-state index in [0.717, 1.165) is 37.9 Å². The Balaban J connectivity index is 1.50. The van der Waals surface area contributed by atoms with Crippen LogP contribution in [-0.2, 0) is 4.79 Å². The van der Waals surface area contributed by atoms with Crippen molar-refractivity contribution in [3.05, 3.63) is 41.0 Å². The molecule has 4 nitrogen and oxygen atoms in total. The molecule has 0 radical (unpaired) electrons. The summed E-state index contributed by atoms with van der Waals surface area (Å²) in [5.74, 6) is 0.0340. The number of carboxylic acid groups (broad SMARTS) is 1. The number of carbonyl (C=O) groups excluding carboxylic acids is 1. The fourth-order valence-corrected chi connectivity index (χ4v) is 3.91. The van der Waals surface area contributed by atoms with Gasteiger partial charge in [-0.2, -0.15) is 0 Å². The van der Waals surface area contributed by atoms with Crippen LogP contribution in [0.3, 0.4) is 0 Å².